The van der Waals surface area contributed by atoms with Gasteiger partial charge in [0.05, 0.1) is 6.10 Å². The molecule has 0 saturated heterocycles. The molecular weight excluding hydrogens is 200 g/mol. The van der Waals surface area contributed by atoms with Gasteiger partial charge in [-0.2, -0.15) is 0 Å². The third kappa shape index (κ3) is 3.24. The summed E-state index contributed by atoms with van der Waals surface area (Å²) in [5.41, 5.74) is 1.19. The molecule has 1 N–H and O–H groups in total. The van der Waals surface area contributed by atoms with Gasteiger partial charge in [-0.15, -0.1) is 0 Å². The third-order valence-electron chi connectivity index (χ3n) is 2.81. The van der Waals surface area contributed by atoms with E-state index in [4.69, 9.17) is 4.74 Å². The second kappa shape index (κ2) is 5.90. The maximum Gasteiger partial charge on any atom is 0.123 e. The first kappa shape index (κ1) is 13.0. The van der Waals surface area contributed by atoms with Gasteiger partial charge in [-0.05, 0) is 30.9 Å². The SMILES string of the molecule is CCC(O)C(C)Oc1ccccc1C(C)C. The summed E-state index contributed by atoms with van der Waals surface area (Å²) in [4.78, 5) is 0. The van der Waals surface area contributed by atoms with Gasteiger partial charge in [0.15, 0.2) is 0 Å². The van der Waals surface area contributed by atoms with Crippen LogP contribution in [0.1, 0.15) is 45.6 Å². The molecule has 1 aromatic rings. The van der Waals surface area contributed by atoms with Gasteiger partial charge in [0.2, 0.25) is 0 Å². The number of hydrogen-bond donors (Lipinski definition) is 1. The largest absolute Gasteiger partial charge is 0.488 e. The lowest BCUT2D eigenvalue weighted by atomic mass is 10.0. The summed E-state index contributed by atoms with van der Waals surface area (Å²) in [6.07, 6.45) is 0.149. The zero-order chi connectivity index (χ0) is 12.1. The Hall–Kier alpha value is -1.02. The maximum atomic E-state index is 9.69. The van der Waals surface area contributed by atoms with E-state index in [0.717, 1.165) is 5.75 Å². The molecule has 2 heteroatoms. The number of para-hydroxylation sites is 1. The highest BCUT2D eigenvalue weighted by molar-refractivity contribution is 5.35. The van der Waals surface area contributed by atoms with Crippen molar-refractivity contribution in [2.75, 3.05) is 0 Å². The summed E-state index contributed by atoms with van der Waals surface area (Å²) >= 11 is 0. The van der Waals surface area contributed by atoms with Crippen LogP contribution in [0.4, 0.5) is 0 Å². The molecule has 0 amide bonds. The Morgan fingerprint density at radius 2 is 1.81 bits per heavy atom. The minimum absolute atomic E-state index is 0.162. The predicted molar refractivity (Wildman–Crippen MR) is 66.9 cm³/mol. The van der Waals surface area contributed by atoms with Gasteiger partial charge in [-0.1, -0.05) is 39.0 Å². The molecule has 0 aromatic heterocycles. The Balaban J connectivity index is 2.80. The lowest BCUT2D eigenvalue weighted by Crippen LogP contribution is -2.28. The molecule has 2 unspecified atom stereocenters. The Morgan fingerprint density at radius 1 is 1.19 bits per heavy atom. The van der Waals surface area contributed by atoms with Crippen molar-refractivity contribution < 1.29 is 9.84 Å². The highest BCUT2D eigenvalue weighted by Crippen LogP contribution is 2.27. The van der Waals surface area contributed by atoms with Crippen molar-refractivity contribution in [3.8, 4) is 5.75 Å². The molecule has 2 atom stereocenters. The zero-order valence-corrected chi connectivity index (χ0v) is 10.6. The molecule has 16 heavy (non-hydrogen) atoms. The topological polar surface area (TPSA) is 29.5 Å². The fourth-order valence-corrected chi connectivity index (χ4v) is 1.68. The molecule has 0 aliphatic heterocycles. The van der Waals surface area contributed by atoms with Crippen molar-refractivity contribution in [3.63, 3.8) is 0 Å². The molecule has 0 saturated carbocycles. The number of ether oxygens (including phenoxy) is 1. The standard InChI is InChI=1S/C14H22O2/c1-5-13(15)11(4)16-14-9-7-6-8-12(14)10(2)3/h6-11,13,15H,5H2,1-4H3. The average molecular weight is 222 g/mol. The summed E-state index contributed by atoms with van der Waals surface area (Å²) in [5, 5.41) is 9.69. The van der Waals surface area contributed by atoms with Crippen molar-refractivity contribution >= 4 is 0 Å². The minimum Gasteiger partial charge on any atom is -0.488 e. The van der Waals surface area contributed by atoms with Crippen LogP contribution >= 0.6 is 0 Å². The molecule has 0 aliphatic carbocycles. The summed E-state index contributed by atoms with van der Waals surface area (Å²) < 4.78 is 5.81. The number of aliphatic hydroxyl groups excluding tert-OH is 1. The van der Waals surface area contributed by atoms with Crippen molar-refractivity contribution in [2.45, 2.75) is 52.2 Å². The average Bonchev–Trinajstić information content (AvgIpc) is 2.28. The second-order valence-corrected chi connectivity index (χ2v) is 4.49. The summed E-state index contributed by atoms with van der Waals surface area (Å²) in [6.45, 7) is 8.15. The Morgan fingerprint density at radius 3 is 2.38 bits per heavy atom. The Kier molecular flexibility index (Phi) is 4.81. The lowest BCUT2D eigenvalue weighted by Gasteiger charge is -2.22. The first-order valence-electron chi connectivity index (χ1n) is 5.99. The van der Waals surface area contributed by atoms with Crippen LogP contribution in [0.2, 0.25) is 0 Å². The zero-order valence-electron chi connectivity index (χ0n) is 10.6. The fraction of sp³-hybridized carbons (Fsp3) is 0.571. The van der Waals surface area contributed by atoms with E-state index in [9.17, 15) is 5.11 Å². The monoisotopic (exact) mass is 222 g/mol. The molecule has 0 aliphatic rings. The van der Waals surface area contributed by atoms with Crippen LogP contribution in [0.3, 0.4) is 0 Å². The molecular formula is C14H22O2. The Bertz CT molecular complexity index is 320. The third-order valence-corrected chi connectivity index (χ3v) is 2.81. The first-order chi connectivity index (χ1) is 7.56. The number of aliphatic hydroxyl groups is 1. The van der Waals surface area contributed by atoms with E-state index in [1.165, 1.54) is 5.56 Å². The van der Waals surface area contributed by atoms with E-state index < -0.39 is 6.10 Å². The van der Waals surface area contributed by atoms with E-state index in [-0.39, 0.29) is 6.10 Å². The van der Waals surface area contributed by atoms with Gasteiger partial charge in [0, 0.05) is 0 Å². The minimum atomic E-state index is -0.403. The molecule has 1 aromatic carbocycles. The number of hydrogen-bond acceptors (Lipinski definition) is 2. The summed E-state index contributed by atoms with van der Waals surface area (Å²) in [5.74, 6) is 1.32. The molecule has 0 spiro atoms. The van der Waals surface area contributed by atoms with Gasteiger partial charge in [0.1, 0.15) is 11.9 Å². The van der Waals surface area contributed by atoms with E-state index in [1.807, 2.05) is 32.0 Å². The van der Waals surface area contributed by atoms with Crippen LogP contribution in [0.5, 0.6) is 5.75 Å². The van der Waals surface area contributed by atoms with Gasteiger partial charge in [-0.3, -0.25) is 0 Å². The van der Waals surface area contributed by atoms with Crippen LogP contribution in [-0.2, 0) is 0 Å². The molecule has 1 rings (SSSR count). The van der Waals surface area contributed by atoms with E-state index in [0.29, 0.717) is 12.3 Å². The summed E-state index contributed by atoms with van der Waals surface area (Å²) in [7, 11) is 0. The van der Waals surface area contributed by atoms with Crippen molar-refractivity contribution in [3.05, 3.63) is 29.8 Å². The smallest absolute Gasteiger partial charge is 0.123 e. The molecule has 0 fully saturated rings. The van der Waals surface area contributed by atoms with Crippen LogP contribution in [0.15, 0.2) is 24.3 Å². The second-order valence-electron chi connectivity index (χ2n) is 4.49. The fourth-order valence-electron chi connectivity index (χ4n) is 1.68. The predicted octanol–water partition coefficient (Wildman–Crippen LogP) is 3.35. The van der Waals surface area contributed by atoms with Crippen molar-refractivity contribution in [2.24, 2.45) is 0 Å². The van der Waals surface area contributed by atoms with Crippen molar-refractivity contribution in [1.29, 1.82) is 0 Å². The van der Waals surface area contributed by atoms with Gasteiger partial charge in [-0.25, -0.2) is 0 Å². The van der Waals surface area contributed by atoms with Crippen LogP contribution in [0.25, 0.3) is 0 Å². The van der Waals surface area contributed by atoms with Gasteiger partial charge < -0.3 is 9.84 Å². The molecule has 90 valence electrons. The normalized spacial score (nSPS) is 14.9. The van der Waals surface area contributed by atoms with E-state index in [2.05, 4.69) is 19.9 Å². The highest BCUT2D eigenvalue weighted by Gasteiger charge is 2.16. The molecule has 0 heterocycles. The molecule has 0 bridgehead atoms. The Labute approximate surface area is 98.3 Å². The first-order valence-corrected chi connectivity index (χ1v) is 5.99. The van der Waals surface area contributed by atoms with E-state index >= 15 is 0 Å². The quantitative estimate of drug-likeness (QED) is 0.828. The molecule has 2 nitrogen and oxygen atoms in total. The number of rotatable bonds is 5. The van der Waals surface area contributed by atoms with Crippen LogP contribution < -0.4 is 4.74 Å². The van der Waals surface area contributed by atoms with Crippen LogP contribution in [-0.4, -0.2) is 17.3 Å². The van der Waals surface area contributed by atoms with Gasteiger partial charge in [0.25, 0.3) is 0 Å². The van der Waals surface area contributed by atoms with Gasteiger partial charge >= 0.3 is 0 Å². The number of benzene rings is 1. The highest BCUT2D eigenvalue weighted by atomic mass is 16.5. The van der Waals surface area contributed by atoms with Crippen LogP contribution in [0, 0.1) is 0 Å². The molecule has 0 radical (unpaired) electrons. The maximum absolute atomic E-state index is 9.69. The van der Waals surface area contributed by atoms with E-state index in [1.54, 1.807) is 0 Å². The lowest BCUT2D eigenvalue weighted by molar-refractivity contribution is 0.0444. The van der Waals surface area contributed by atoms with Crippen molar-refractivity contribution in [1.82, 2.24) is 0 Å². The summed E-state index contributed by atoms with van der Waals surface area (Å²) in [6, 6.07) is 8.02.